The van der Waals surface area contributed by atoms with Crippen LogP contribution in [0.25, 0.3) is 0 Å². The number of nitrogens with zero attached hydrogens (tertiary/aromatic N) is 1. The molecule has 5 heteroatoms. The van der Waals surface area contributed by atoms with Gasteiger partial charge in [-0.2, -0.15) is 0 Å². The van der Waals surface area contributed by atoms with Crippen LogP contribution in [0.1, 0.15) is 47.0 Å². The molecule has 0 saturated carbocycles. The van der Waals surface area contributed by atoms with E-state index in [1.54, 1.807) is 11.8 Å². The number of hydrogen-bond donors (Lipinski definition) is 1. The Morgan fingerprint density at radius 1 is 1.30 bits per heavy atom. The summed E-state index contributed by atoms with van der Waals surface area (Å²) in [7, 11) is 0. The minimum atomic E-state index is -0.398. The molecule has 4 unspecified atom stereocenters. The van der Waals surface area contributed by atoms with Gasteiger partial charge in [-0.05, 0) is 39.0 Å². The maximum atomic E-state index is 12.5. The highest BCUT2D eigenvalue weighted by atomic mass is 16.5. The quantitative estimate of drug-likeness (QED) is 0.846. The molecule has 2 amide bonds. The lowest BCUT2D eigenvalue weighted by Crippen LogP contribution is -2.63. The molecule has 2 rings (SSSR count). The summed E-state index contributed by atoms with van der Waals surface area (Å²) < 4.78 is 5.79. The highest BCUT2D eigenvalue weighted by molar-refractivity contribution is 5.96. The molecule has 5 nitrogen and oxygen atoms in total. The van der Waals surface area contributed by atoms with Crippen molar-refractivity contribution in [2.45, 2.75) is 71.2 Å². The first kappa shape index (κ1) is 15.3. The third-order valence-corrected chi connectivity index (χ3v) is 4.17. The average molecular weight is 282 g/mol. The van der Waals surface area contributed by atoms with E-state index in [2.05, 4.69) is 26.1 Å². The first-order valence-corrected chi connectivity index (χ1v) is 7.64. The van der Waals surface area contributed by atoms with Crippen molar-refractivity contribution in [1.82, 2.24) is 10.2 Å². The van der Waals surface area contributed by atoms with Gasteiger partial charge in [-0.1, -0.05) is 13.8 Å². The van der Waals surface area contributed by atoms with Gasteiger partial charge in [0.2, 0.25) is 11.8 Å². The van der Waals surface area contributed by atoms with Crippen LogP contribution in [0.2, 0.25) is 0 Å². The predicted molar refractivity (Wildman–Crippen MR) is 76.1 cm³/mol. The molecule has 2 fully saturated rings. The molecule has 2 heterocycles. The molecule has 0 radical (unpaired) electrons. The maximum Gasteiger partial charge on any atom is 0.245 e. The monoisotopic (exact) mass is 282 g/mol. The van der Waals surface area contributed by atoms with E-state index in [1.807, 2.05) is 0 Å². The van der Waals surface area contributed by atoms with Crippen LogP contribution in [0.15, 0.2) is 0 Å². The summed E-state index contributed by atoms with van der Waals surface area (Å²) >= 11 is 0. The Labute approximate surface area is 121 Å². The van der Waals surface area contributed by atoms with Gasteiger partial charge < -0.3 is 15.0 Å². The third kappa shape index (κ3) is 3.32. The van der Waals surface area contributed by atoms with Crippen LogP contribution in [-0.4, -0.2) is 47.6 Å². The molecular formula is C15H26N2O3. The van der Waals surface area contributed by atoms with E-state index >= 15 is 0 Å². The zero-order valence-electron chi connectivity index (χ0n) is 12.9. The third-order valence-electron chi connectivity index (χ3n) is 4.17. The van der Waals surface area contributed by atoms with Gasteiger partial charge in [-0.25, -0.2) is 0 Å². The largest absolute Gasteiger partial charge is 0.373 e. The number of amides is 2. The Morgan fingerprint density at radius 3 is 2.55 bits per heavy atom. The summed E-state index contributed by atoms with van der Waals surface area (Å²) in [5.41, 5.74) is 0. The van der Waals surface area contributed by atoms with Crippen LogP contribution in [0.5, 0.6) is 0 Å². The molecule has 0 spiro atoms. The summed E-state index contributed by atoms with van der Waals surface area (Å²) in [5, 5.41) is 2.84. The van der Waals surface area contributed by atoms with E-state index in [9.17, 15) is 9.59 Å². The SMILES string of the molecule is CC(C)CC1NC(=O)C(C)N(CC2CCC(C)O2)C1=O. The molecule has 0 aromatic heterocycles. The number of carbonyl (C=O) groups excluding carboxylic acids is 2. The number of carbonyl (C=O) groups is 2. The predicted octanol–water partition coefficient (Wildman–Crippen LogP) is 1.32. The Kier molecular flexibility index (Phi) is 4.68. The Bertz CT molecular complexity index is 383. The maximum absolute atomic E-state index is 12.5. The zero-order valence-corrected chi connectivity index (χ0v) is 12.9. The van der Waals surface area contributed by atoms with E-state index in [0.29, 0.717) is 18.9 Å². The average Bonchev–Trinajstić information content (AvgIpc) is 2.77. The molecule has 0 aliphatic carbocycles. The molecule has 2 aliphatic rings. The van der Waals surface area contributed by atoms with Gasteiger partial charge in [0.05, 0.1) is 12.2 Å². The van der Waals surface area contributed by atoms with Crippen LogP contribution >= 0.6 is 0 Å². The lowest BCUT2D eigenvalue weighted by atomic mass is 9.98. The van der Waals surface area contributed by atoms with Crippen molar-refractivity contribution in [3.05, 3.63) is 0 Å². The molecule has 0 aromatic carbocycles. The molecule has 0 aromatic rings. The number of ether oxygens (including phenoxy) is 1. The van der Waals surface area contributed by atoms with Gasteiger partial charge >= 0.3 is 0 Å². The van der Waals surface area contributed by atoms with Crippen molar-refractivity contribution < 1.29 is 14.3 Å². The second-order valence-corrected chi connectivity index (χ2v) is 6.50. The zero-order chi connectivity index (χ0) is 14.9. The van der Waals surface area contributed by atoms with Crippen molar-refractivity contribution in [3.63, 3.8) is 0 Å². The fourth-order valence-electron chi connectivity index (χ4n) is 3.00. The first-order chi connectivity index (χ1) is 9.38. The summed E-state index contributed by atoms with van der Waals surface area (Å²) in [4.78, 5) is 26.3. The summed E-state index contributed by atoms with van der Waals surface area (Å²) in [6, 6.07) is -0.775. The number of hydrogen-bond acceptors (Lipinski definition) is 3. The second-order valence-electron chi connectivity index (χ2n) is 6.50. The fraction of sp³-hybridized carbons (Fsp3) is 0.867. The van der Waals surface area contributed by atoms with Crippen molar-refractivity contribution in [1.29, 1.82) is 0 Å². The smallest absolute Gasteiger partial charge is 0.245 e. The van der Waals surface area contributed by atoms with Gasteiger partial charge in [-0.3, -0.25) is 9.59 Å². The van der Waals surface area contributed by atoms with Gasteiger partial charge in [0.15, 0.2) is 0 Å². The Morgan fingerprint density at radius 2 is 2.00 bits per heavy atom. The number of rotatable bonds is 4. The van der Waals surface area contributed by atoms with Gasteiger partial charge in [0.1, 0.15) is 12.1 Å². The highest BCUT2D eigenvalue weighted by Gasteiger charge is 2.39. The normalized spacial score (nSPS) is 34.8. The van der Waals surface area contributed by atoms with Crippen LogP contribution < -0.4 is 5.32 Å². The fourth-order valence-corrected chi connectivity index (χ4v) is 3.00. The van der Waals surface area contributed by atoms with Gasteiger partial charge in [0.25, 0.3) is 0 Å². The highest BCUT2D eigenvalue weighted by Crippen LogP contribution is 2.23. The van der Waals surface area contributed by atoms with Crippen molar-refractivity contribution in [2.75, 3.05) is 6.54 Å². The summed E-state index contributed by atoms with van der Waals surface area (Å²) in [6.07, 6.45) is 3.02. The van der Waals surface area contributed by atoms with Crippen molar-refractivity contribution in [3.8, 4) is 0 Å². The van der Waals surface area contributed by atoms with E-state index in [4.69, 9.17) is 4.74 Å². The molecule has 2 aliphatic heterocycles. The summed E-state index contributed by atoms with van der Waals surface area (Å²) in [5.74, 6) is 0.359. The second kappa shape index (κ2) is 6.12. The van der Waals surface area contributed by atoms with Gasteiger partial charge in [-0.15, -0.1) is 0 Å². The molecular weight excluding hydrogens is 256 g/mol. The molecule has 114 valence electrons. The van der Waals surface area contributed by atoms with Gasteiger partial charge in [0, 0.05) is 6.54 Å². The minimum Gasteiger partial charge on any atom is -0.373 e. The molecule has 1 N–H and O–H groups in total. The van der Waals surface area contributed by atoms with Crippen LogP contribution in [-0.2, 0) is 14.3 Å². The van der Waals surface area contributed by atoms with E-state index in [-0.39, 0.29) is 30.1 Å². The molecule has 2 saturated heterocycles. The van der Waals surface area contributed by atoms with Crippen LogP contribution in [0, 0.1) is 5.92 Å². The van der Waals surface area contributed by atoms with E-state index in [0.717, 1.165) is 12.8 Å². The summed E-state index contributed by atoms with van der Waals surface area (Å²) in [6.45, 7) is 8.49. The number of nitrogens with one attached hydrogen (secondary N) is 1. The Balaban J connectivity index is 2.03. The lowest BCUT2D eigenvalue weighted by molar-refractivity contribution is -0.151. The van der Waals surface area contributed by atoms with Crippen LogP contribution in [0.3, 0.4) is 0 Å². The van der Waals surface area contributed by atoms with E-state index in [1.165, 1.54) is 0 Å². The standard InChI is InChI=1S/C15H26N2O3/c1-9(2)7-13-15(19)17(11(4)14(18)16-13)8-12-6-5-10(3)20-12/h9-13H,5-8H2,1-4H3,(H,16,18). The lowest BCUT2D eigenvalue weighted by Gasteiger charge is -2.39. The van der Waals surface area contributed by atoms with Crippen LogP contribution in [0.4, 0.5) is 0 Å². The number of piperazine rings is 1. The molecule has 0 bridgehead atoms. The minimum absolute atomic E-state index is 0.0361. The van der Waals surface area contributed by atoms with Crippen molar-refractivity contribution in [2.24, 2.45) is 5.92 Å². The van der Waals surface area contributed by atoms with Crippen molar-refractivity contribution >= 4 is 11.8 Å². The molecule has 4 atom stereocenters. The Hall–Kier alpha value is -1.10. The molecule has 20 heavy (non-hydrogen) atoms. The first-order valence-electron chi connectivity index (χ1n) is 7.64. The van der Waals surface area contributed by atoms with E-state index < -0.39 is 6.04 Å². The topological polar surface area (TPSA) is 58.6 Å².